The zero-order valence-corrected chi connectivity index (χ0v) is 11.1. The lowest BCUT2D eigenvalue weighted by molar-refractivity contribution is 0.268. The Morgan fingerprint density at radius 3 is 2.95 bits per heavy atom. The van der Waals surface area contributed by atoms with Crippen LogP contribution in [0.5, 0.6) is 0 Å². The molecule has 0 amide bonds. The number of nitrogens with zero attached hydrogens (tertiary/aromatic N) is 3. The largest absolute Gasteiger partial charge is 0.394 e. The molecule has 0 spiro atoms. The van der Waals surface area contributed by atoms with Gasteiger partial charge in [0.25, 0.3) is 0 Å². The molecule has 0 radical (unpaired) electrons. The van der Waals surface area contributed by atoms with Gasteiger partial charge in [-0.1, -0.05) is 17.7 Å². The first kappa shape index (κ1) is 12.6. The molecule has 6 heteroatoms. The monoisotopic (exact) mass is 278 g/mol. The number of benzene rings is 1. The maximum atomic E-state index is 9.14. The maximum absolute atomic E-state index is 9.14. The lowest BCUT2D eigenvalue weighted by Crippen LogP contribution is -2.15. The second kappa shape index (κ2) is 4.92. The predicted octanol–water partition coefficient (Wildman–Crippen LogP) is 1.79. The van der Waals surface area contributed by atoms with Gasteiger partial charge in [0, 0.05) is 5.92 Å². The van der Waals surface area contributed by atoms with E-state index in [1.807, 2.05) is 12.1 Å². The number of aliphatic hydroxyl groups excluding tert-OH is 1. The molecular weight excluding hydrogens is 264 g/mol. The molecule has 1 aliphatic rings. The Hall–Kier alpha value is -1.43. The minimum absolute atomic E-state index is 0.103. The third-order valence-corrected chi connectivity index (χ3v) is 3.66. The summed E-state index contributed by atoms with van der Waals surface area (Å²) >= 11 is 6.24. The van der Waals surface area contributed by atoms with E-state index < -0.39 is 6.04 Å². The molecule has 3 N–H and O–H groups in total. The smallest absolute Gasteiger partial charge is 0.138 e. The van der Waals surface area contributed by atoms with E-state index in [4.69, 9.17) is 22.4 Å². The van der Waals surface area contributed by atoms with Gasteiger partial charge in [-0.3, -0.25) is 0 Å². The van der Waals surface area contributed by atoms with Gasteiger partial charge in [-0.25, -0.2) is 9.67 Å². The van der Waals surface area contributed by atoms with Crippen LogP contribution in [0.2, 0.25) is 5.02 Å². The van der Waals surface area contributed by atoms with Crippen molar-refractivity contribution in [2.45, 2.75) is 24.8 Å². The van der Waals surface area contributed by atoms with Crippen molar-refractivity contribution in [2.24, 2.45) is 5.73 Å². The van der Waals surface area contributed by atoms with Gasteiger partial charge in [0.15, 0.2) is 0 Å². The van der Waals surface area contributed by atoms with Crippen LogP contribution in [0.1, 0.15) is 36.2 Å². The molecule has 1 aromatic carbocycles. The fraction of sp³-hybridized carbons (Fsp3) is 0.385. The summed E-state index contributed by atoms with van der Waals surface area (Å²) in [6.07, 6.45) is 3.83. The highest BCUT2D eigenvalue weighted by Crippen LogP contribution is 2.40. The average Bonchev–Trinajstić information content (AvgIpc) is 3.16. The van der Waals surface area contributed by atoms with Gasteiger partial charge in [-0.2, -0.15) is 5.10 Å². The summed E-state index contributed by atoms with van der Waals surface area (Å²) in [5.41, 5.74) is 7.44. The fourth-order valence-corrected chi connectivity index (χ4v) is 2.28. The van der Waals surface area contributed by atoms with Gasteiger partial charge < -0.3 is 10.8 Å². The second-order valence-electron chi connectivity index (χ2n) is 4.80. The third kappa shape index (κ3) is 2.36. The topological polar surface area (TPSA) is 77.0 Å². The zero-order valence-electron chi connectivity index (χ0n) is 10.3. The molecule has 19 heavy (non-hydrogen) atoms. The fourth-order valence-electron chi connectivity index (χ4n) is 2.08. The van der Waals surface area contributed by atoms with Crippen molar-refractivity contribution in [1.82, 2.24) is 14.8 Å². The summed E-state index contributed by atoms with van der Waals surface area (Å²) in [5.74, 6) is 1.42. The van der Waals surface area contributed by atoms with Crippen LogP contribution in [-0.4, -0.2) is 26.5 Å². The molecule has 3 rings (SSSR count). The Bertz CT molecular complexity index is 594. The standard InChI is InChI=1S/C13H15ClN4O/c14-10-4-3-9(11(15)6-19)5-12(10)18-13(8-1-2-8)16-7-17-18/h3-5,7-8,11,19H,1-2,6,15H2/t11-/m1/s1. The molecule has 1 aliphatic carbocycles. The van der Waals surface area contributed by atoms with E-state index in [-0.39, 0.29) is 6.61 Å². The van der Waals surface area contributed by atoms with E-state index in [2.05, 4.69) is 10.1 Å². The average molecular weight is 279 g/mol. The Morgan fingerprint density at radius 2 is 2.26 bits per heavy atom. The van der Waals surface area contributed by atoms with E-state index >= 15 is 0 Å². The van der Waals surface area contributed by atoms with Crippen LogP contribution in [0.15, 0.2) is 24.5 Å². The number of aliphatic hydroxyl groups is 1. The van der Waals surface area contributed by atoms with E-state index in [1.54, 1.807) is 17.1 Å². The highest BCUT2D eigenvalue weighted by Gasteiger charge is 2.29. The van der Waals surface area contributed by atoms with Crippen molar-refractivity contribution in [3.05, 3.63) is 40.9 Å². The highest BCUT2D eigenvalue weighted by atomic mass is 35.5. The van der Waals surface area contributed by atoms with E-state index in [0.717, 1.165) is 29.9 Å². The second-order valence-corrected chi connectivity index (χ2v) is 5.21. The summed E-state index contributed by atoms with van der Waals surface area (Å²) in [6.45, 7) is -0.103. The molecular formula is C13H15ClN4O. The number of hydrogen-bond donors (Lipinski definition) is 2. The molecule has 0 bridgehead atoms. The van der Waals surface area contributed by atoms with Crippen molar-refractivity contribution in [3.8, 4) is 5.69 Å². The molecule has 1 aromatic heterocycles. The summed E-state index contributed by atoms with van der Waals surface area (Å²) in [7, 11) is 0. The first-order valence-corrected chi connectivity index (χ1v) is 6.64. The van der Waals surface area contributed by atoms with Gasteiger partial charge in [0.1, 0.15) is 12.2 Å². The van der Waals surface area contributed by atoms with Gasteiger partial charge in [0.05, 0.1) is 23.4 Å². The van der Waals surface area contributed by atoms with Crippen LogP contribution >= 0.6 is 11.6 Å². The Morgan fingerprint density at radius 1 is 1.47 bits per heavy atom. The van der Waals surface area contributed by atoms with Crippen LogP contribution in [0.3, 0.4) is 0 Å². The molecule has 0 aliphatic heterocycles. The normalized spacial score (nSPS) is 16.6. The van der Waals surface area contributed by atoms with Crippen molar-refractivity contribution in [2.75, 3.05) is 6.61 Å². The van der Waals surface area contributed by atoms with E-state index in [1.165, 1.54) is 0 Å². The molecule has 2 aromatic rings. The number of nitrogens with two attached hydrogens (primary N) is 1. The lowest BCUT2D eigenvalue weighted by Gasteiger charge is -2.13. The van der Waals surface area contributed by atoms with E-state index in [0.29, 0.717) is 10.9 Å². The van der Waals surface area contributed by atoms with Crippen LogP contribution in [0.4, 0.5) is 0 Å². The summed E-state index contributed by atoms with van der Waals surface area (Å²) < 4.78 is 1.77. The SMILES string of the molecule is N[C@H](CO)c1ccc(Cl)c(-n2ncnc2C2CC2)c1. The number of halogens is 1. The maximum Gasteiger partial charge on any atom is 0.138 e. The Labute approximate surface area is 116 Å². The molecule has 1 heterocycles. The minimum atomic E-state index is -0.413. The number of hydrogen-bond acceptors (Lipinski definition) is 4. The third-order valence-electron chi connectivity index (χ3n) is 3.34. The van der Waals surface area contributed by atoms with Crippen molar-refractivity contribution >= 4 is 11.6 Å². The van der Waals surface area contributed by atoms with Crippen LogP contribution in [-0.2, 0) is 0 Å². The van der Waals surface area contributed by atoms with Crippen molar-refractivity contribution < 1.29 is 5.11 Å². The summed E-state index contributed by atoms with van der Waals surface area (Å²) in [6, 6.07) is 5.05. The molecule has 1 fully saturated rings. The van der Waals surface area contributed by atoms with Gasteiger partial charge in [0.2, 0.25) is 0 Å². The van der Waals surface area contributed by atoms with Gasteiger partial charge in [-0.05, 0) is 30.5 Å². The lowest BCUT2D eigenvalue weighted by atomic mass is 10.1. The zero-order chi connectivity index (χ0) is 13.4. The van der Waals surface area contributed by atoms with Gasteiger partial charge in [-0.15, -0.1) is 0 Å². The van der Waals surface area contributed by atoms with Crippen molar-refractivity contribution in [3.63, 3.8) is 0 Å². The molecule has 0 saturated heterocycles. The molecule has 5 nitrogen and oxygen atoms in total. The highest BCUT2D eigenvalue weighted by molar-refractivity contribution is 6.32. The molecule has 100 valence electrons. The predicted molar refractivity (Wildman–Crippen MR) is 72.4 cm³/mol. The molecule has 1 atom stereocenters. The van der Waals surface area contributed by atoms with E-state index in [9.17, 15) is 0 Å². The summed E-state index contributed by atoms with van der Waals surface area (Å²) in [4.78, 5) is 4.30. The molecule has 0 unspecified atom stereocenters. The first-order chi connectivity index (χ1) is 9.20. The van der Waals surface area contributed by atoms with Gasteiger partial charge >= 0.3 is 0 Å². The minimum Gasteiger partial charge on any atom is -0.394 e. The Kier molecular flexibility index (Phi) is 3.26. The van der Waals surface area contributed by atoms with Crippen LogP contribution in [0.25, 0.3) is 5.69 Å². The Balaban J connectivity index is 2.05. The molecule has 1 saturated carbocycles. The van der Waals surface area contributed by atoms with Crippen molar-refractivity contribution in [1.29, 1.82) is 0 Å². The quantitative estimate of drug-likeness (QED) is 0.894. The van der Waals surface area contributed by atoms with Crippen LogP contribution in [0, 0.1) is 0 Å². The summed E-state index contributed by atoms with van der Waals surface area (Å²) in [5, 5.41) is 14.0. The number of rotatable bonds is 4. The van der Waals surface area contributed by atoms with Crippen LogP contribution < -0.4 is 5.73 Å². The first-order valence-electron chi connectivity index (χ1n) is 6.27. The number of aromatic nitrogens is 3.